The molecule has 0 aromatic heterocycles. The second kappa shape index (κ2) is 4.70. The molecule has 1 saturated carbocycles. The number of nitrogens with two attached hydrogens (primary N) is 1. The van der Waals surface area contributed by atoms with Crippen LogP contribution in [0.2, 0.25) is 0 Å². The van der Waals surface area contributed by atoms with Gasteiger partial charge in [-0.05, 0) is 29.9 Å². The lowest BCUT2D eigenvalue weighted by Crippen LogP contribution is -2.43. The largest absolute Gasteiger partial charge is 0.327 e. The van der Waals surface area contributed by atoms with E-state index in [4.69, 9.17) is 5.73 Å². The first-order chi connectivity index (χ1) is 6.00. The quantitative estimate of drug-likeness (QED) is 0.743. The van der Waals surface area contributed by atoms with Gasteiger partial charge in [-0.25, -0.2) is 0 Å². The summed E-state index contributed by atoms with van der Waals surface area (Å²) in [5, 5.41) is 1.41. The average molecular weight is 201 g/mol. The van der Waals surface area contributed by atoms with Crippen LogP contribution in [-0.2, 0) is 0 Å². The molecule has 1 aliphatic rings. The minimum atomic E-state index is 0.422. The van der Waals surface area contributed by atoms with Crippen molar-refractivity contribution in [1.29, 1.82) is 0 Å². The molecule has 2 heteroatoms. The zero-order valence-electron chi connectivity index (χ0n) is 9.29. The fourth-order valence-corrected chi connectivity index (χ4v) is 3.76. The Labute approximate surface area is 86.8 Å². The van der Waals surface area contributed by atoms with Gasteiger partial charge in [0.15, 0.2) is 0 Å². The van der Waals surface area contributed by atoms with E-state index in [1.54, 1.807) is 0 Å². The second-order valence-electron chi connectivity index (χ2n) is 4.87. The molecule has 4 unspecified atom stereocenters. The average Bonchev–Trinajstić information content (AvgIpc) is 1.96. The number of hydrogen-bond acceptors (Lipinski definition) is 2. The van der Waals surface area contributed by atoms with E-state index in [0.717, 1.165) is 11.8 Å². The van der Waals surface area contributed by atoms with Crippen LogP contribution in [0.3, 0.4) is 0 Å². The molecule has 13 heavy (non-hydrogen) atoms. The summed E-state index contributed by atoms with van der Waals surface area (Å²) in [5.41, 5.74) is 6.19. The molecule has 0 radical (unpaired) electrons. The Kier molecular flexibility index (Phi) is 4.11. The summed E-state index contributed by atoms with van der Waals surface area (Å²) in [6.45, 7) is 9.21. The van der Waals surface area contributed by atoms with Crippen LogP contribution >= 0.6 is 11.8 Å². The maximum atomic E-state index is 6.19. The van der Waals surface area contributed by atoms with Crippen LogP contribution in [0.4, 0.5) is 0 Å². The smallest absolute Gasteiger partial charge is 0.0227 e. The molecular formula is C11H23NS. The Balaban J connectivity index is 2.51. The molecule has 1 rings (SSSR count). The predicted octanol–water partition coefficient (Wildman–Crippen LogP) is 2.89. The molecule has 0 spiro atoms. The van der Waals surface area contributed by atoms with Gasteiger partial charge in [0.25, 0.3) is 0 Å². The predicted molar refractivity (Wildman–Crippen MR) is 62.1 cm³/mol. The van der Waals surface area contributed by atoms with Gasteiger partial charge in [-0.1, -0.05) is 27.7 Å². The van der Waals surface area contributed by atoms with Crippen molar-refractivity contribution < 1.29 is 0 Å². The van der Waals surface area contributed by atoms with Crippen molar-refractivity contribution in [3.63, 3.8) is 0 Å². The highest BCUT2D eigenvalue weighted by Crippen LogP contribution is 2.36. The summed E-state index contributed by atoms with van der Waals surface area (Å²) in [6.07, 6.45) is 2.58. The van der Waals surface area contributed by atoms with Crippen LogP contribution in [0.5, 0.6) is 0 Å². The molecule has 0 saturated heterocycles. The van der Waals surface area contributed by atoms with Crippen LogP contribution < -0.4 is 5.73 Å². The molecule has 0 bridgehead atoms. The highest BCUT2D eigenvalue weighted by Gasteiger charge is 2.32. The molecule has 0 aromatic carbocycles. The first-order valence-corrected chi connectivity index (χ1v) is 6.36. The lowest BCUT2D eigenvalue weighted by Gasteiger charge is -2.38. The maximum absolute atomic E-state index is 6.19. The van der Waals surface area contributed by atoms with E-state index < -0.39 is 0 Å². The van der Waals surface area contributed by atoms with Gasteiger partial charge in [-0.3, -0.25) is 0 Å². The lowest BCUT2D eigenvalue weighted by molar-refractivity contribution is 0.279. The van der Waals surface area contributed by atoms with Crippen LogP contribution in [0.1, 0.15) is 40.5 Å². The summed E-state index contributed by atoms with van der Waals surface area (Å²) in [4.78, 5) is 0. The lowest BCUT2D eigenvalue weighted by atomic mass is 9.80. The highest BCUT2D eigenvalue weighted by atomic mass is 32.2. The molecule has 0 aliphatic heterocycles. The van der Waals surface area contributed by atoms with Crippen molar-refractivity contribution >= 4 is 11.8 Å². The van der Waals surface area contributed by atoms with Gasteiger partial charge in [-0.2, -0.15) is 11.8 Å². The van der Waals surface area contributed by atoms with Crippen molar-refractivity contribution in [3.05, 3.63) is 0 Å². The molecule has 1 aliphatic carbocycles. The third kappa shape index (κ3) is 3.17. The molecule has 78 valence electrons. The van der Waals surface area contributed by atoms with E-state index in [9.17, 15) is 0 Å². The first-order valence-electron chi connectivity index (χ1n) is 5.41. The molecule has 2 N–H and O–H groups in total. The van der Waals surface area contributed by atoms with Crippen LogP contribution in [0.25, 0.3) is 0 Å². The summed E-state index contributed by atoms with van der Waals surface area (Å²) in [7, 11) is 0. The van der Waals surface area contributed by atoms with Gasteiger partial charge in [0.2, 0.25) is 0 Å². The van der Waals surface area contributed by atoms with E-state index >= 15 is 0 Å². The summed E-state index contributed by atoms with van der Waals surface area (Å²) < 4.78 is 0. The van der Waals surface area contributed by atoms with Gasteiger partial charge in [0, 0.05) is 11.3 Å². The summed E-state index contributed by atoms with van der Waals surface area (Å²) in [5.74, 6) is 1.63. The standard InChI is InChI=1S/C11H23NS/c1-7(2)13-11-9(4)5-8(3)6-10(11)12/h7-11H,5-6,12H2,1-4H3. The molecule has 0 amide bonds. The van der Waals surface area contributed by atoms with E-state index in [0.29, 0.717) is 16.5 Å². The minimum absolute atomic E-state index is 0.422. The third-order valence-corrected chi connectivity index (χ3v) is 4.53. The number of hydrogen-bond donors (Lipinski definition) is 1. The van der Waals surface area contributed by atoms with Crippen LogP contribution in [0, 0.1) is 11.8 Å². The Morgan fingerprint density at radius 1 is 1.23 bits per heavy atom. The molecule has 0 heterocycles. The van der Waals surface area contributed by atoms with E-state index in [1.165, 1.54) is 12.8 Å². The van der Waals surface area contributed by atoms with Crippen molar-refractivity contribution in [2.45, 2.75) is 57.1 Å². The van der Waals surface area contributed by atoms with Crippen molar-refractivity contribution in [3.8, 4) is 0 Å². The number of thioether (sulfide) groups is 1. The molecular weight excluding hydrogens is 178 g/mol. The minimum Gasteiger partial charge on any atom is -0.327 e. The van der Waals surface area contributed by atoms with Crippen LogP contribution in [0.15, 0.2) is 0 Å². The Bertz CT molecular complexity index is 146. The summed E-state index contributed by atoms with van der Waals surface area (Å²) >= 11 is 2.07. The second-order valence-corrected chi connectivity index (χ2v) is 6.63. The van der Waals surface area contributed by atoms with Crippen molar-refractivity contribution in [2.75, 3.05) is 0 Å². The molecule has 0 aromatic rings. The van der Waals surface area contributed by atoms with Gasteiger partial charge >= 0.3 is 0 Å². The Hall–Kier alpha value is 0.310. The maximum Gasteiger partial charge on any atom is 0.0227 e. The van der Waals surface area contributed by atoms with E-state index in [2.05, 4.69) is 39.5 Å². The van der Waals surface area contributed by atoms with Gasteiger partial charge in [0.1, 0.15) is 0 Å². The Morgan fingerprint density at radius 3 is 2.31 bits per heavy atom. The fraction of sp³-hybridized carbons (Fsp3) is 1.00. The molecule has 1 nitrogen and oxygen atoms in total. The van der Waals surface area contributed by atoms with E-state index in [1.807, 2.05) is 0 Å². The van der Waals surface area contributed by atoms with Gasteiger partial charge in [0.05, 0.1) is 0 Å². The van der Waals surface area contributed by atoms with E-state index in [-0.39, 0.29) is 0 Å². The third-order valence-electron chi connectivity index (χ3n) is 2.86. The topological polar surface area (TPSA) is 26.0 Å². The summed E-state index contributed by atoms with van der Waals surface area (Å²) in [6, 6.07) is 0.422. The SMILES string of the molecule is CC1CC(C)C(SC(C)C)C(N)C1. The zero-order chi connectivity index (χ0) is 10.0. The zero-order valence-corrected chi connectivity index (χ0v) is 10.1. The monoisotopic (exact) mass is 201 g/mol. The van der Waals surface area contributed by atoms with Gasteiger partial charge < -0.3 is 5.73 Å². The molecule has 1 fully saturated rings. The van der Waals surface area contributed by atoms with Crippen LogP contribution in [-0.4, -0.2) is 16.5 Å². The fourth-order valence-electron chi connectivity index (χ4n) is 2.44. The van der Waals surface area contributed by atoms with Crippen molar-refractivity contribution in [1.82, 2.24) is 0 Å². The highest BCUT2D eigenvalue weighted by molar-refractivity contribution is 8.00. The first kappa shape index (κ1) is 11.4. The molecule has 4 atom stereocenters. The number of rotatable bonds is 2. The normalized spacial score (nSPS) is 41.1. The van der Waals surface area contributed by atoms with Crippen molar-refractivity contribution in [2.24, 2.45) is 17.6 Å². The van der Waals surface area contributed by atoms with Gasteiger partial charge in [-0.15, -0.1) is 0 Å². The Morgan fingerprint density at radius 2 is 1.85 bits per heavy atom.